The molecule has 2 heterocycles. The van der Waals surface area contributed by atoms with Crippen LogP contribution in [0.4, 0.5) is 0 Å². The number of hydrogen-bond donors (Lipinski definition) is 1. The summed E-state index contributed by atoms with van der Waals surface area (Å²) in [5.41, 5.74) is 6.58. The van der Waals surface area contributed by atoms with Gasteiger partial charge in [-0.05, 0) is 51.1 Å². The normalized spacial score (nSPS) is 12.7. The summed E-state index contributed by atoms with van der Waals surface area (Å²) in [4.78, 5) is 9.40. The molecule has 5 nitrogen and oxygen atoms in total. The lowest BCUT2D eigenvalue weighted by Crippen LogP contribution is -2.05. The highest BCUT2D eigenvalue weighted by Gasteiger charge is 2.20. The number of thioether (sulfide) groups is 1. The Morgan fingerprint density at radius 3 is 2.56 bits per heavy atom. The second-order valence-corrected chi connectivity index (χ2v) is 6.78. The third kappa shape index (κ3) is 3.29. The smallest absolute Gasteiger partial charge is 0.200 e. The van der Waals surface area contributed by atoms with Gasteiger partial charge in [-0.2, -0.15) is 0 Å². The van der Waals surface area contributed by atoms with Gasteiger partial charge >= 0.3 is 0 Å². The van der Waals surface area contributed by atoms with E-state index >= 15 is 0 Å². The van der Waals surface area contributed by atoms with Crippen molar-refractivity contribution in [3.8, 4) is 11.3 Å². The van der Waals surface area contributed by atoms with E-state index < -0.39 is 6.29 Å². The van der Waals surface area contributed by atoms with Gasteiger partial charge in [0.15, 0.2) is 11.4 Å². The van der Waals surface area contributed by atoms with Crippen molar-refractivity contribution >= 4 is 17.4 Å². The second-order valence-electron chi connectivity index (χ2n) is 6.01. The van der Waals surface area contributed by atoms with Crippen LogP contribution in [0.1, 0.15) is 35.7 Å². The Hall–Kier alpha value is -1.89. The Balaban J connectivity index is 2.18. The molecule has 0 aliphatic carbocycles. The third-order valence-corrected chi connectivity index (χ3v) is 5.03. The summed E-state index contributed by atoms with van der Waals surface area (Å²) in [6, 6.07) is 8.29. The fraction of sp³-hybridized carbons (Fsp3) is 0.368. The van der Waals surface area contributed by atoms with Gasteiger partial charge in [0.25, 0.3) is 0 Å². The minimum atomic E-state index is -1.02. The first-order chi connectivity index (χ1) is 12.0. The zero-order valence-corrected chi connectivity index (χ0v) is 16.0. The molecule has 1 aromatic carbocycles. The molecule has 25 heavy (non-hydrogen) atoms. The third-order valence-electron chi connectivity index (χ3n) is 4.39. The maximum absolute atomic E-state index is 10.2. The summed E-state index contributed by atoms with van der Waals surface area (Å²) in [6.07, 6.45) is 0.967. The number of fused-ring (bicyclic) bond motifs is 1. The number of aromatic nitrogens is 3. The van der Waals surface area contributed by atoms with E-state index in [1.165, 1.54) is 11.1 Å². The molecular weight excluding hydrogens is 334 g/mol. The average molecular weight is 357 g/mol. The lowest BCUT2D eigenvalue weighted by molar-refractivity contribution is -0.101. The van der Waals surface area contributed by atoms with E-state index in [1.54, 1.807) is 11.8 Å². The predicted octanol–water partition coefficient (Wildman–Crippen LogP) is 4.07. The lowest BCUT2D eigenvalue weighted by atomic mass is 10.0. The standard InChI is InChI=1S/C19H23N3O2S/c1-6-24-18(23)17-13(4)22-16(21-17)10-15(20-19(22)25-5)14-8-7-11(2)12(3)9-14/h7-10,18,23H,6H2,1-5H3. The predicted molar refractivity (Wildman–Crippen MR) is 101 cm³/mol. The fourth-order valence-corrected chi connectivity index (χ4v) is 3.45. The molecule has 0 fully saturated rings. The molecule has 132 valence electrons. The molecule has 0 radical (unpaired) electrons. The molecule has 3 rings (SSSR count). The van der Waals surface area contributed by atoms with E-state index in [4.69, 9.17) is 9.72 Å². The number of hydrogen-bond acceptors (Lipinski definition) is 5. The van der Waals surface area contributed by atoms with Gasteiger partial charge in [-0.1, -0.05) is 23.9 Å². The Bertz CT molecular complexity index is 921. The minimum Gasteiger partial charge on any atom is -0.363 e. The molecule has 1 atom stereocenters. The Morgan fingerprint density at radius 2 is 1.92 bits per heavy atom. The number of nitrogens with zero attached hydrogens (tertiary/aromatic N) is 3. The second kappa shape index (κ2) is 7.15. The van der Waals surface area contributed by atoms with Crippen molar-refractivity contribution in [3.63, 3.8) is 0 Å². The van der Waals surface area contributed by atoms with Crippen LogP contribution in [0.3, 0.4) is 0 Å². The maximum atomic E-state index is 10.2. The lowest BCUT2D eigenvalue weighted by Gasteiger charge is -2.10. The highest BCUT2D eigenvalue weighted by Crippen LogP contribution is 2.28. The van der Waals surface area contributed by atoms with Gasteiger partial charge in [0.2, 0.25) is 0 Å². The first kappa shape index (κ1) is 17.9. The highest BCUT2D eigenvalue weighted by molar-refractivity contribution is 7.98. The summed E-state index contributed by atoms with van der Waals surface area (Å²) in [7, 11) is 0. The van der Waals surface area contributed by atoms with E-state index in [2.05, 4.69) is 37.0 Å². The van der Waals surface area contributed by atoms with E-state index in [9.17, 15) is 5.11 Å². The van der Waals surface area contributed by atoms with Crippen LogP contribution in [0.25, 0.3) is 16.9 Å². The zero-order chi connectivity index (χ0) is 18.1. The van der Waals surface area contributed by atoms with Crippen LogP contribution >= 0.6 is 11.8 Å². The number of imidazole rings is 1. The van der Waals surface area contributed by atoms with Gasteiger partial charge in [-0.3, -0.25) is 4.40 Å². The quantitative estimate of drug-likeness (QED) is 0.424. The Morgan fingerprint density at radius 1 is 1.16 bits per heavy atom. The van der Waals surface area contributed by atoms with E-state index in [0.717, 1.165) is 27.8 Å². The molecule has 0 aliphatic heterocycles. The number of rotatable bonds is 5. The first-order valence-electron chi connectivity index (χ1n) is 8.27. The van der Waals surface area contributed by atoms with Crippen LogP contribution in [0.5, 0.6) is 0 Å². The van der Waals surface area contributed by atoms with Crippen molar-refractivity contribution in [3.05, 3.63) is 46.8 Å². The molecule has 2 aromatic heterocycles. The van der Waals surface area contributed by atoms with Crippen LogP contribution in [0, 0.1) is 20.8 Å². The number of ether oxygens (including phenoxy) is 1. The molecule has 0 spiro atoms. The fourth-order valence-electron chi connectivity index (χ4n) is 2.84. The Labute approximate surface area is 152 Å². The first-order valence-corrected chi connectivity index (χ1v) is 9.50. The van der Waals surface area contributed by atoms with E-state index in [-0.39, 0.29) is 0 Å². The van der Waals surface area contributed by atoms with Crippen molar-refractivity contribution < 1.29 is 9.84 Å². The van der Waals surface area contributed by atoms with Gasteiger partial charge in [0.1, 0.15) is 11.3 Å². The number of aliphatic hydroxyl groups excluding tert-OH is 1. The van der Waals surface area contributed by atoms with Gasteiger partial charge < -0.3 is 9.84 Å². The van der Waals surface area contributed by atoms with Crippen LogP contribution in [0.15, 0.2) is 29.4 Å². The summed E-state index contributed by atoms with van der Waals surface area (Å²) < 4.78 is 7.27. The van der Waals surface area contributed by atoms with Crippen LogP contribution in [-0.2, 0) is 4.74 Å². The molecule has 0 aliphatic rings. The van der Waals surface area contributed by atoms with Crippen molar-refractivity contribution in [1.82, 2.24) is 14.4 Å². The topological polar surface area (TPSA) is 59.7 Å². The number of aryl methyl sites for hydroxylation is 3. The van der Waals surface area contributed by atoms with Gasteiger partial charge in [0.05, 0.1) is 11.4 Å². The molecule has 0 amide bonds. The van der Waals surface area contributed by atoms with Crippen molar-refractivity contribution in [2.75, 3.05) is 12.9 Å². The molecule has 6 heteroatoms. The molecule has 0 saturated heterocycles. The monoisotopic (exact) mass is 357 g/mol. The molecule has 1 unspecified atom stereocenters. The SMILES string of the molecule is CCOC(O)c1nc2cc(-c3ccc(C)c(C)c3)nc(SC)n2c1C. The van der Waals surface area contributed by atoms with Crippen LogP contribution in [0.2, 0.25) is 0 Å². The molecule has 3 aromatic rings. The summed E-state index contributed by atoms with van der Waals surface area (Å²) in [6.45, 7) is 8.40. The zero-order valence-electron chi connectivity index (χ0n) is 15.2. The molecular formula is C19H23N3O2S. The Kier molecular flexibility index (Phi) is 5.13. The van der Waals surface area contributed by atoms with Crippen LogP contribution in [-0.4, -0.2) is 32.3 Å². The van der Waals surface area contributed by atoms with E-state index in [0.29, 0.717) is 12.3 Å². The number of aliphatic hydroxyl groups is 1. The van der Waals surface area contributed by atoms with Crippen molar-refractivity contribution in [1.29, 1.82) is 0 Å². The maximum Gasteiger partial charge on any atom is 0.200 e. The average Bonchev–Trinajstić information content (AvgIpc) is 2.94. The summed E-state index contributed by atoms with van der Waals surface area (Å²) in [5, 5.41) is 11.0. The van der Waals surface area contributed by atoms with Crippen molar-refractivity contribution in [2.24, 2.45) is 0 Å². The largest absolute Gasteiger partial charge is 0.363 e. The summed E-state index contributed by atoms with van der Waals surface area (Å²) >= 11 is 1.56. The van der Waals surface area contributed by atoms with Crippen LogP contribution < -0.4 is 0 Å². The van der Waals surface area contributed by atoms with Gasteiger partial charge in [0, 0.05) is 18.2 Å². The van der Waals surface area contributed by atoms with Gasteiger partial charge in [-0.15, -0.1) is 0 Å². The molecule has 0 saturated carbocycles. The number of benzene rings is 1. The summed E-state index contributed by atoms with van der Waals surface area (Å²) in [5.74, 6) is 0. The van der Waals surface area contributed by atoms with Crippen molar-refractivity contribution in [2.45, 2.75) is 39.1 Å². The van der Waals surface area contributed by atoms with E-state index in [1.807, 2.05) is 30.6 Å². The molecule has 0 bridgehead atoms. The molecule has 1 N–H and O–H groups in total. The minimum absolute atomic E-state index is 0.427. The highest BCUT2D eigenvalue weighted by atomic mass is 32.2. The van der Waals surface area contributed by atoms with Gasteiger partial charge in [-0.25, -0.2) is 9.97 Å².